The average Bonchev–Trinajstić information content (AvgIpc) is 2.11. The summed E-state index contributed by atoms with van der Waals surface area (Å²) in [6.07, 6.45) is 0.231. The number of carbonyl (C=O) groups excluding carboxylic acids is 1. The molecule has 0 aliphatic heterocycles. The maximum atomic E-state index is 10.7. The summed E-state index contributed by atoms with van der Waals surface area (Å²) in [4.78, 5) is 10.7. The first-order chi connectivity index (χ1) is 5.74. The molecule has 0 spiro atoms. The van der Waals surface area contributed by atoms with E-state index in [-0.39, 0.29) is 18.7 Å². The van der Waals surface area contributed by atoms with Crippen molar-refractivity contribution in [1.82, 2.24) is 0 Å². The summed E-state index contributed by atoms with van der Waals surface area (Å²) in [5.41, 5.74) is 0. The van der Waals surface area contributed by atoms with Crippen LogP contribution in [0.3, 0.4) is 0 Å². The van der Waals surface area contributed by atoms with Gasteiger partial charge in [-0.3, -0.25) is 4.79 Å². The Labute approximate surface area is 72.8 Å². The lowest BCUT2D eigenvalue weighted by molar-refractivity contribution is -0.148. The van der Waals surface area contributed by atoms with E-state index in [4.69, 9.17) is 14.2 Å². The summed E-state index contributed by atoms with van der Waals surface area (Å²) in [6.45, 7) is 2.45. The highest BCUT2D eigenvalue weighted by molar-refractivity contribution is 5.68. The zero-order valence-corrected chi connectivity index (χ0v) is 7.83. The highest BCUT2D eigenvalue weighted by atomic mass is 16.6. The summed E-state index contributed by atoms with van der Waals surface area (Å²) < 4.78 is 14.7. The van der Waals surface area contributed by atoms with E-state index in [0.717, 1.165) is 0 Å². The maximum absolute atomic E-state index is 10.7. The third kappa shape index (κ3) is 5.09. The van der Waals surface area contributed by atoms with Gasteiger partial charge in [0.1, 0.15) is 12.7 Å². The zero-order chi connectivity index (χ0) is 9.40. The van der Waals surface area contributed by atoms with Gasteiger partial charge in [0.2, 0.25) is 0 Å². The van der Waals surface area contributed by atoms with E-state index in [1.54, 1.807) is 21.1 Å². The van der Waals surface area contributed by atoms with E-state index in [1.807, 2.05) is 0 Å². The molecule has 0 fully saturated rings. The Hall–Kier alpha value is -0.610. The second kappa shape index (κ2) is 7.06. The van der Waals surface area contributed by atoms with Gasteiger partial charge in [0.05, 0.1) is 6.61 Å². The van der Waals surface area contributed by atoms with E-state index in [1.165, 1.54) is 0 Å². The Morgan fingerprint density at radius 3 is 2.42 bits per heavy atom. The molecule has 1 unspecified atom stereocenters. The topological polar surface area (TPSA) is 44.8 Å². The molecule has 0 aromatic heterocycles. The Kier molecular flexibility index (Phi) is 6.70. The van der Waals surface area contributed by atoms with Crippen molar-refractivity contribution in [3.8, 4) is 0 Å². The molecule has 4 heteroatoms. The summed E-state index contributed by atoms with van der Waals surface area (Å²) in [7, 11) is 3.14. The van der Waals surface area contributed by atoms with Gasteiger partial charge in [-0.25, -0.2) is 0 Å². The monoisotopic (exact) mass is 176 g/mol. The van der Waals surface area contributed by atoms with E-state index >= 15 is 0 Å². The molecule has 0 amide bonds. The van der Waals surface area contributed by atoms with Crippen molar-refractivity contribution >= 4 is 5.97 Å². The van der Waals surface area contributed by atoms with Crippen LogP contribution in [0.15, 0.2) is 0 Å². The molecule has 4 nitrogen and oxygen atoms in total. The molecule has 0 bridgehead atoms. The van der Waals surface area contributed by atoms with E-state index < -0.39 is 0 Å². The fourth-order valence-corrected chi connectivity index (χ4v) is 0.658. The van der Waals surface area contributed by atoms with Crippen LogP contribution in [-0.2, 0) is 19.0 Å². The third-order valence-electron chi connectivity index (χ3n) is 1.40. The summed E-state index contributed by atoms with van der Waals surface area (Å²) in [5, 5.41) is 0. The molecule has 0 radical (unpaired) electrons. The van der Waals surface area contributed by atoms with E-state index in [2.05, 4.69) is 0 Å². The van der Waals surface area contributed by atoms with Crippen LogP contribution in [0.1, 0.15) is 13.3 Å². The molecule has 0 saturated carbocycles. The molecule has 0 rings (SSSR count). The first-order valence-electron chi connectivity index (χ1n) is 3.91. The zero-order valence-electron chi connectivity index (χ0n) is 7.83. The number of hydrogen-bond donors (Lipinski definition) is 0. The molecule has 0 aromatic carbocycles. The summed E-state index contributed by atoms with van der Waals surface area (Å²) in [5.74, 6) is -0.215. The Morgan fingerprint density at radius 2 is 2.00 bits per heavy atom. The lowest BCUT2D eigenvalue weighted by atomic mass is 10.4. The number of esters is 1. The molecular weight excluding hydrogens is 160 g/mol. The van der Waals surface area contributed by atoms with Crippen LogP contribution in [0.4, 0.5) is 0 Å². The minimum atomic E-state index is -0.215. The molecule has 1 atom stereocenters. The number of ether oxygens (including phenoxy) is 3. The highest BCUT2D eigenvalue weighted by Gasteiger charge is 2.08. The first-order valence-corrected chi connectivity index (χ1v) is 3.91. The Balaban J connectivity index is 3.50. The largest absolute Gasteiger partial charge is 0.463 e. The van der Waals surface area contributed by atoms with Crippen LogP contribution in [-0.4, -0.2) is 39.5 Å². The fraction of sp³-hybridized carbons (Fsp3) is 0.875. The van der Waals surface area contributed by atoms with Crippen LogP contribution < -0.4 is 0 Å². The molecule has 72 valence electrons. The maximum Gasteiger partial charge on any atom is 0.305 e. The van der Waals surface area contributed by atoms with Crippen molar-refractivity contribution in [2.24, 2.45) is 0 Å². The lowest BCUT2D eigenvalue weighted by Gasteiger charge is -2.13. The molecule has 0 heterocycles. The quantitative estimate of drug-likeness (QED) is 0.556. The summed E-state index contributed by atoms with van der Waals surface area (Å²) >= 11 is 0. The second-order valence-corrected chi connectivity index (χ2v) is 2.35. The summed E-state index contributed by atoms with van der Waals surface area (Å²) in [6, 6.07) is 0. The van der Waals surface area contributed by atoms with Crippen molar-refractivity contribution in [2.75, 3.05) is 27.4 Å². The predicted molar refractivity (Wildman–Crippen MR) is 43.9 cm³/mol. The van der Waals surface area contributed by atoms with Gasteiger partial charge in [0.25, 0.3) is 0 Å². The van der Waals surface area contributed by atoms with Crippen molar-refractivity contribution in [2.45, 2.75) is 19.4 Å². The van der Waals surface area contributed by atoms with Crippen LogP contribution in [0.25, 0.3) is 0 Å². The molecule has 0 aliphatic carbocycles. The molecule has 0 aromatic rings. The fourth-order valence-electron chi connectivity index (χ4n) is 0.658. The van der Waals surface area contributed by atoms with Crippen LogP contribution in [0, 0.1) is 0 Å². The number of hydrogen-bond acceptors (Lipinski definition) is 4. The third-order valence-corrected chi connectivity index (χ3v) is 1.40. The normalized spacial score (nSPS) is 12.6. The SMILES string of the molecule is CCC(=O)OCC(COC)OC. The predicted octanol–water partition coefficient (Wildman–Crippen LogP) is 0.601. The van der Waals surface area contributed by atoms with Gasteiger partial charge in [-0.15, -0.1) is 0 Å². The number of rotatable bonds is 6. The second-order valence-electron chi connectivity index (χ2n) is 2.35. The van der Waals surface area contributed by atoms with Crippen molar-refractivity contribution in [1.29, 1.82) is 0 Å². The Morgan fingerprint density at radius 1 is 1.33 bits per heavy atom. The standard InChI is InChI=1S/C8H16O4/c1-4-8(9)12-6-7(11-3)5-10-2/h7H,4-6H2,1-3H3. The highest BCUT2D eigenvalue weighted by Crippen LogP contribution is 1.94. The molecule has 0 N–H and O–H groups in total. The Bertz CT molecular complexity index is 124. The van der Waals surface area contributed by atoms with Crippen LogP contribution in [0.2, 0.25) is 0 Å². The van der Waals surface area contributed by atoms with Gasteiger partial charge >= 0.3 is 5.97 Å². The molecule has 12 heavy (non-hydrogen) atoms. The number of methoxy groups -OCH3 is 2. The minimum absolute atomic E-state index is 0.162. The molecule has 0 aliphatic rings. The van der Waals surface area contributed by atoms with Gasteiger partial charge in [-0.2, -0.15) is 0 Å². The van der Waals surface area contributed by atoms with Gasteiger partial charge < -0.3 is 14.2 Å². The first kappa shape index (κ1) is 11.4. The van der Waals surface area contributed by atoms with Crippen molar-refractivity contribution in [3.05, 3.63) is 0 Å². The van der Waals surface area contributed by atoms with Gasteiger partial charge in [0, 0.05) is 20.6 Å². The van der Waals surface area contributed by atoms with Gasteiger partial charge in [-0.05, 0) is 0 Å². The van der Waals surface area contributed by atoms with Gasteiger partial charge in [-0.1, -0.05) is 6.92 Å². The number of carbonyl (C=O) groups is 1. The van der Waals surface area contributed by atoms with Crippen LogP contribution in [0.5, 0.6) is 0 Å². The van der Waals surface area contributed by atoms with Gasteiger partial charge in [0.15, 0.2) is 0 Å². The van der Waals surface area contributed by atoms with E-state index in [0.29, 0.717) is 13.0 Å². The lowest BCUT2D eigenvalue weighted by Crippen LogP contribution is -2.25. The van der Waals surface area contributed by atoms with Crippen LogP contribution >= 0.6 is 0 Å². The molecular formula is C8H16O4. The molecule has 0 saturated heterocycles. The van der Waals surface area contributed by atoms with Crippen molar-refractivity contribution < 1.29 is 19.0 Å². The van der Waals surface area contributed by atoms with Crippen molar-refractivity contribution in [3.63, 3.8) is 0 Å². The minimum Gasteiger partial charge on any atom is -0.463 e. The smallest absolute Gasteiger partial charge is 0.305 e. The van der Waals surface area contributed by atoms with E-state index in [9.17, 15) is 4.79 Å². The average molecular weight is 176 g/mol.